The number of primary amides is 1. The quantitative estimate of drug-likeness (QED) is 0.836. The first-order valence-electron chi connectivity index (χ1n) is 7.92. The van der Waals surface area contributed by atoms with E-state index < -0.39 is 24.0 Å². The zero-order chi connectivity index (χ0) is 17.4. The molecular formula is C16H19N3O4S. The molecule has 0 spiro atoms. The predicted octanol–water partition coefficient (Wildman–Crippen LogP) is 1.24. The van der Waals surface area contributed by atoms with E-state index in [0.29, 0.717) is 16.1 Å². The molecule has 2 heterocycles. The van der Waals surface area contributed by atoms with E-state index in [2.05, 4.69) is 11.9 Å². The Balaban J connectivity index is 2.25. The highest BCUT2D eigenvalue weighted by Gasteiger charge is 2.27. The van der Waals surface area contributed by atoms with Gasteiger partial charge in [-0.15, -0.1) is 11.3 Å². The molecule has 0 aromatic carbocycles. The Bertz CT molecular complexity index is 884. The minimum atomic E-state index is -0.725. The molecule has 0 saturated carbocycles. The van der Waals surface area contributed by atoms with Crippen LogP contribution in [0.25, 0.3) is 10.2 Å². The van der Waals surface area contributed by atoms with E-state index in [1.807, 2.05) is 0 Å². The van der Waals surface area contributed by atoms with Crippen molar-refractivity contribution in [3.63, 3.8) is 0 Å². The summed E-state index contributed by atoms with van der Waals surface area (Å²) < 4.78 is 6.00. The number of carbonyl (C=O) groups excluding carboxylic acids is 2. The molecule has 0 fully saturated rings. The summed E-state index contributed by atoms with van der Waals surface area (Å²) in [7, 11) is 0. The van der Waals surface area contributed by atoms with Crippen molar-refractivity contribution in [1.29, 1.82) is 0 Å². The SMILES string of the molecule is CCOC(=O)c1nc2sc3c(c2c(=O)n1CC(N)=O)CC[C@H](C)C3. The molecule has 0 saturated heterocycles. The molecule has 2 N–H and O–H groups in total. The second-order valence-electron chi connectivity index (χ2n) is 6.05. The average Bonchev–Trinajstić information content (AvgIpc) is 2.87. The Kier molecular flexibility index (Phi) is 4.40. The molecule has 0 radical (unpaired) electrons. The first-order valence-corrected chi connectivity index (χ1v) is 8.74. The van der Waals surface area contributed by atoms with Crippen LogP contribution in [0.15, 0.2) is 4.79 Å². The van der Waals surface area contributed by atoms with E-state index in [1.165, 1.54) is 11.3 Å². The van der Waals surface area contributed by atoms with Crippen LogP contribution in [0.4, 0.5) is 0 Å². The van der Waals surface area contributed by atoms with E-state index in [-0.39, 0.29) is 12.4 Å². The number of thiophene rings is 1. The van der Waals surface area contributed by atoms with Crippen molar-refractivity contribution in [2.45, 2.75) is 39.7 Å². The molecule has 128 valence electrons. The van der Waals surface area contributed by atoms with Crippen molar-refractivity contribution in [1.82, 2.24) is 9.55 Å². The third kappa shape index (κ3) is 2.82. The Morgan fingerprint density at radius 3 is 2.88 bits per heavy atom. The van der Waals surface area contributed by atoms with Crippen LogP contribution in [0, 0.1) is 5.92 Å². The van der Waals surface area contributed by atoms with Gasteiger partial charge in [-0.3, -0.25) is 14.2 Å². The molecule has 24 heavy (non-hydrogen) atoms. The van der Waals surface area contributed by atoms with Gasteiger partial charge in [0.05, 0.1) is 12.0 Å². The van der Waals surface area contributed by atoms with E-state index in [4.69, 9.17) is 10.5 Å². The van der Waals surface area contributed by atoms with Gasteiger partial charge in [-0.1, -0.05) is 6.92 Å². The van der Waals surface area contributed by atoms with Crippen LogP contribution in [0.3, 0.4) is 0 Å². The van der Waals surface area contributed by atoms with Crippen molar-refractivity contribution < 1.29 is 14.3 Å². The number of ether oxygens (including phenoxy) is 1. The van der Waals surface area contributed by atoms with Gasteiger partial charge in [-0.05, 0) is 37.7 Å². The van der Waals surface area contributed by atoms with E-state index in [0.717, 1.165) is 34.3 Å². The summed E-state index contributed by atoms with van der Waals surface area (Å²) in [6, 6.07) is 0. The number of fused-ring (bicyclic) bond motifs is 3. The molecule has 0 unspecified atom stereocenters. The number of esters is 1. The third-order valence-electron chi connectivity index (χ3n) is 4.19. The summed E-state index contributed by atoms with van der Waals surface area (Å²) in [6.07, 6.45) is 2.72. The van der Waals surface area contributed by atoms with Crippen LogP contribution in [0.1, 0.15) is 41.3 Å². The van der Waals surface area contributed by atoms with Gasteiger partial charge in [0.1, 0.15) is 11.4 Å². The van der Waals surface area contributed by atoms with Gasteiger partial charge in [0.25, 0.3) is 5.56 Å². The van der Waals surface area contributed by atoms with Gasteiger partial charge in [-0.25, -0.2) is 9.78 Å². The number of hydrogen-bond acceptors (Lipinski definition) is 6. The second kappa shape index (κ2) is 6.35. The fraction of sp³-hybridized carbons (Fsp3) is 0.500. The van der Waals surface area contributed by atoms with E-state index in [9.17, 15) is 14.4 Å². The first-order chi connectivity index (χ1) is 11.4. The van der Waals surface area contributed by atoms with Gasteiger partial charge < -0.3 is 10.5 Å². The summed E-state index contributed by atoms with van der Waals surface area (Å²) >= 11 is 1.45. The fourth-order valence-corrected chi connectivity index (χ4v) is 4.45. The lowest BCUT2D eigenvalue weighted by atomic mass is 9.89. The number of rotatable bonds is 4. The van der Waals surface area contributed by atoms with Gasteiger partial charge in [0, 0.05) is 4.88 Å². The molecule has 2 aromatic heterocycles. The molecule has 8 heteroatoms. The highest BCUT2D eigenvalue weighted by Crippen LogP contribution is 2.35. The number of nitrogens with zero attached hydrogens (tertiary/aromatic N) is 2. The average molecular weight is 349 g/mol. The summed E-state index contributed by atoms with van der Waals surface area (Å²) in [4.78, 5) is 42.4. The van der Waals surface area contributed by atoms with E-state index >= 15 is 0 Å². The van der Waals surface area contributed by atoms with Gasteiger partial charge in [0.2, 0.25) is 11.7 Å². The molecule has 2 aromatic rings. The smallest absolute Gasteiger partial charge is 0.374 e. The van der Waals surface area contributed by atoms with Gasteiger partial charge in [-0.2, -0.15) is 0 Å². The summed E-state index contributed by atoms with van der Waals surface area (Å²) in [5.41, 5.74) is 5.84. The molecule has 0 aliphatic heterocycles. The second-order valence-corrected chi connectivity index (χ2v) is 7.13. The first kappa shape index (κ1) is 16.6. The molecule has 7 nitrogen and oxygen atoms in total. The molecular weight excluding hydrogens is 330 g/mol. The van der Waals surface area contributed by atoms with Crippen LogP contribution < -0.4 is 11.3 Å². The number of nitrogens with two attached hydrogens (primary N) is 1. The van der Waals surface area contributed by atoms with Crippen LogP contribution in [0.2, 0.25) is 0 Å². The Hall–Kier alpha value is -2.22. The zero-order valence-corrected chi connectivity index (χ0v) is 14.4. The van der Waals surface area contributed by atoms with E-state index in [1.54, 1.807) is 6.92 Å². The Morgan fingerprint density at radius 1 is 1.46 bits per heavy atom. The van der Waals surface area contributed by atoms with Crippen molar-refractivity contribution in [2.24, 2.45) is 11.7 Å². The van der Waals surface area contributed by atoms with Crippen molar-refractivity contribution in [3.05, 3.63) is 26.6 Å². The van der Waals surface area contributed by atoms with Gasteiger partial charge >= 0.3 is 5.97 Å². The Labute approximate surface area is 142 Å². The lowest BCUT2D eigenvalue weighted by molar-refractivity contribution is -0.118. The minimum absolute atomic E-state index is 0.155. The van der Waals surface area contributed by atoms with Crippen molar-refractivity contribution >= 4 is 33.4 Å². The van der Waals surface area contributed by atoms with Crippen LogP contribution in [0.5, 0.6) is 0 Å². The lowest BCUT2D eigenvalue weighted by Gasteiger charge is -2.17. The zero-order valence-electron chi connectivity index (χ0n) is 13.6. The summed E-state index contributed by atoms with van der Waals surface area (Å²) in [5.74, 6) is -1.04. The van der Waals surface area contributed by atoms with Gasteiger partial charge in [0.15, 0.2) is 0 Å². The molecule has 1 aliphatic rings. The number of aryl methyl sites for hydroxylation is 1. The Morgan fingerprint density at radius 2 is 2.21 bits per heavy atom. The number of carbonyl (C=O) groups is 2. The maximum Gasteiger partial charge on any atom is 0.374 e. The minimum Gasteiger partial charge on any atom is -0.460 e. The fourth-order valence-electron chi connectivity index (χ4n) is 3.08. The monoisotopic (exact) mass is 349 g/mol. The lowest BCUT2D eigenvalue weighted by Crippen LogP contribution is -2.33. The normalized spacial score (nSPS) is 16.8. The van der Waals surface area contributed by atoms with Crippen molar-refractivity contribution in [2.75, 3.05) is 6.61 Å². The number of amides is 1. The summed E-state index contributed by atoms with van der Waals surface area (Å²) in [6.45, 7) is 3.60. The highest BCUT2D eigenvalue weighted by atomic mass is 32.1. The summed E-state index contributed by atoms with van der Waals surface area (Å²) in [5, 5.41) is 0.510. The van der Waals surface area contributed by atoms with Crippen LogP contribution >= 0.6 is 11.3 Å². The largest absolute Gasteiger partial charge is 0.460 e. The third-order valence-corrected chi connectivity index (χ3v) is 5.34. The molecule has 0 bridgehead atoms. The highest BCUT2D eigenvalue weighted by molar-refractivity contribution is 7.18. The molecule has 3 rings (SSSR count). The standard InChI is InChI=1S/C16H19N3O4S/c1-3-23-16(22)13-18-14-12(15(21)19(13)7-11(17)20)9-5-4-8(2)6-10(9)24-14/h8H,3-7H2,1-2H3,(H2,17,20)/t8-/m0/s1. The van der Waals surface area contributed by atoms with Crippen LogP contribution in [-0.2, 0) is 28.9 Å². The number of aromatic nitrogens is 2. The number of hydrogen-bond donors (Lipinski definition) is 1. The maximum atomic E-state index is 12.9. The maximum absolute atomic E-state index is 12.9. The van der Waals surface area contributed by atoms with Crippen molar-refractivity contribution in [3.8, 4) is 0 Å². The molecule has 1 amide bonds. The predicted molar refractivity (Wildman–Crippen MR) is 90.2 cm³/mol. The topological polar surface area (TPSA) is 104 Å². The van der Waals surface area contributed by atoms with Crippen LogP contribution in [-0.4, -0.2) is 28.0 Å². The molecule has 1 atom stereocenters. The molecule has 1 aliphatic carbocycles.